The van der Waals surface area contributed by atoms with Gasteiger partial charge in [0, 0.05) is 18.7 Å². The summed E-state index contributed by atoms with van der Waals surface area (Å²) in [6.45, 7) is 8.54. The molecule has 0 radical (unpaired) electrons. The Labute approximate surface area is 145 Å². The molecular formula is C18H33NO5. The SMILES string of the molecule is C=C(C)C(=O)OCCN(CCCCCCCCCO)C(=O)OCC. The van der Waals surface area contributed by atoms with E-state index < -0.39 is 5.97 Å². The first-order valence-corrected chi connectivity index (χ1v) is 8.88. The fraction of sp³-hybridized carbons (Fsp3) is 0.778. The maximum Gasteiger partial charge on any atom is 0.409 e. The van der Waals surface area contributed by atoms with E-state index in [4.69, 9.17) is 14.6 Å². The van der Waals surface area contributed by atoms with Gasteiger partial charge in [0.1, 0.15) is 6.61 Å². The first-order valence-electron chi connectivity index (χ1n) is 8.88. The van der Waals surface area contributed by atoms with E-state index in [1.807, 2.05) is 0 Å². The third-order valence-corrected chi connectivity index (χ3v) is 3.55. The van der Waals surface area contributed by atoms with Gasteiger partial charge in [0.2, 0.25) is 0 Å². The lowest BCUT2D eigenvalue weighted by Gasteiger charge is -2.21. The normalized spacial score (nSPS) is 10.3. The molecular weight excluding hydrogens is 310 g/mol. The Morgan fingerprint density at radius 2 is 1.54 bits per heavy atom. The van der Waals surface area contributed by atoms with Crippen LogP contribution in [0.3, 0.4) is 0 Å². The van der Waals surface area contributed by atoms with E-state index in [2.05, 4.69) is 6.58 Å². The molecule has 0 aliphatic carbocycles. The molecule has 0 aromatic carbocycles. The van der Waals surface area contributed by atoms with Crippen LogP contribution in [0.25, 0.3) is 0 Å². The molecule has 0 saturated heterocycles. The van der Waals surface area contributed by atoms with Crippen LogP contribution in [0, 0.1) is 0 Å². The van der Waals surface area contributed by atoms with Crippen molar-refractivity contribution in [3.8, 4) is 0 Å². The Kier molecular flexibility index (Phi) is 14.0. The van der Waals surface area contributed by atoms with Gasteiger partial charge < -0.3 is 19.5 Å². The van der Waals surface area contributed by atoms with Gasteiger partial charge in [-0.2, -0.15) is 0 Å². The zero-order valence-electron chi connectivity index (χ0n) is 15.2. The number of nitrogens with zero attached hydrogens (tertiary/aromatic N) is 1. The van der Waals surface area contributed by atoms with Crippen molar-refractivity contribution in [2.45, 2.75) is 58.8 Å². The van der Waals surface area contributed by atoms with Crippen molar-refractivity contribution in [1.82, 2.24) is 4.90 Å². The fourth-order valence-corrected chi connectivity index (χ4v) is 2.18. The second kappa shape index (κ2) is 15.0. The summed E-state index contributed by atoms with van der Waals surface area (Å²) in [6, 6.07) is 0. The number of hydrogen-bond acceptors (Lipinski definition) is 5. The van der Waals surface area contributed by atoms with Crippen molar-refractivity contribution in [1.29, 1.82) is 0 Å². The lowest BCUT2D eigenvalue weighted by atomic mass is 10.1. The first kappa shape index (κ1) is 22.4. The molecule has 6 nitrogen and oxygen atoms in total. The number of rotatable bonds is 14. The summed E-state index contributed by atoms with van der Waals surface area (Å²) in [5, 5.41) is 8.71. The lowest BCUT2D eigenvalue weighted by Crippen LogP contribution is -2.35. The summed E-state index contributed by atoms with van der Waals surface area (Å²) < 4.78 is 10.1. The van der Waals surface area contributed by atoms with Gasteiger partial charge in [-0.3, -0.25) is 0 Å². The number of carbonyl (C=O) groups is 2. The number of esters is 1. The molecule has 0 aromatic rings. The van der Waals surface area contributed by atoms with Gasteiger partial charge in [-0.1, -0.05) is 38.7 Å². The number of unbranched alkanes of at least 4 members (excludes halogenated alkanes) is 6. The van der Waals surface area contributed by atoms with Gasteiger partial charge in [0.15, 0.2) is 0 Å². The monoisotopic (exact) mass is 343 g/mol. The summed E-state index contributed by atoms with van der Waals surface area (Å²) in [4.78, 5) is 24.9. The quantitative estimate of drug-likeness (QED) is 0.297. The molecule has 140 valence electrons. The van der Waals surface area contributed by atoms with Crippen LogP contribution in [0.15, 0.2) is 12.2 Å². The van der Waals surface area contributed by atoms with Gasteiger partial charge >= 0.3 is 12.1 Å². The molecule has 0 unspecified atom stereocenters. The number of ether oxygens (including phenoxy) is 2. The molecule has 0 aliphatic heterocycles. The maximum absolute atomic E-state index is 11.9. The molecule has 0 aliphatic rings. The van der Waals surface area contributed by atoms with E-state index in [0.29, 0.717) is 25.3 Å². The topological polar surface area (TPSA) is 76.1 Å². The van der Waals surface area contributed by atoms with Crippen molar-refractivity contribution >= 4 is 12.1 Å². The van der Waals surface area contributed by atoms with E-state index in [1.165, 1.54) is 0 Å². The molecule has 0 saturated carbocycles. The highest BCUT2D eigenvalue weighted by Crippen LogP contribution is 2.08. The van der Waals surface area contributed by atoms with Crippen LogP contribution in [0.4, 0.5) is 4.79 Å². The molecule has 1 amide bonds. The van der Waals surface area contributed by atoms with Gasteiger partial charge in [-0.25, -0.2) is 9.59 Å². The molecule has 6 heteroatoms. The van der Waals surface area contributed by atoms with Crippen LogP contribution < -0.4 is 0 Å². The Hall–Kier alpha value is -1.56. The van der Waals surface area contributed by atoms with Crippen LogP contribution in [0.5, 0.6) is 0 Å². The molecule has 0 bridgehead atoms. The predicted molar refractivity (Wildman–Crippen MR) is 93.8 cm³/mol. The first-order chi connectivity index (χ1) is 11.5. The standard InChI is InChI=1S/C18H33NO5/c1-4-23-18(22)19(13-15-24-17(21)16(2)3)12-10-8-6-5-7-9-11-14-20/h20H,2,4-15H2,1,3H3. The number of aliphatic hydroxyl groups is 1. The van der Waals surface area contributed by atoms with Crippen molar-refractivity contribution in [2.24, 2.45) is 0 Å². The minimum absolute atomic E-state index is 0.145. The minimum atomic E-state index is -0.443. The maximum atomic E-state index is 11.9. The highest BCUT2D eigenvalue weighted by Gasteiger charge is 2.15. The second-order valence-corrected chi connectivity index (χ2v) is 5.80. The number of aliphatic hydroxyl groups excluding tert-OH is 1. The number of carbonyl (C=O) groups excluding carboxylic acids is 2. The highest BCUT2D eigenvalue weighted by molar-refractivity contribution is 5.86. The van der Waals surface area contributed by atoms with Crippen LogP contribution in [-0.4, -0.2) is 55.0 Å². The molecule has 1 N–H and O–H groups in total. The van der Waals surface area contributed by atoms with Gasteiger partial charge in [-0.15, -0.1) is 0 Å². The van der Waals surface area contributed by atoms with Crippen molar-refractivity contribution in [2.75, 3.05) is 32.9 Å². The number of hydrogen-bond donors (Lipinski definition) is 1. The molecule has 24 heavy (non-hydrogen) atoms. The van der Waals surface area contributed by atoms with Gasteiger partial charge in [0.05, 0.1) is 13.2 Å². The van der Waals surface area contributed by atoms with E-state index in [9.17, 15) is 9.59 Å². The molecule has 0 atom stereocenters. The average molecular weight is 343 g/mol. The lowest BCUT2D eigenvalue weighted by molar-refractivity contribution is -0.139. The molecule has 0 aromatic heterocycles. The Bertz CT molecular complexity index is 370. The molecule has 0 rings (SSSR count). The number of amides is 1. The van der Waals surface area contributed by atoms with Crippen LogP contribution >= 0.6 is 0 Å². The van der Waals surface area contributed by atoms with Crippen molar-refractivity contribution < 1.29 is 24.2 Å². The van der Waals surface area contributed by atoms with E-state index >= 15 is 0 Å². The average Bonchev–Trinajstić information content (AvgIpc) is 2.55. The second-order valence-electron chi connectivity index (χ2n) is 5.80. The third-order valence-electron chi connectivity index (χ3n) is 3.55. The summed E-state index contributed by atoms with van der Waals surface area (Å²) in [7, 11) is 0. The van der Waals surface area contributed by atoms with E-state index in [1.54, 1.807) is 18.7 Å². The molecule has 0 spiro atoms. The summed E-state index contributed by atoms with van der Waals surface area (Å²) in [5.74, 6) is -0.443. The summed E-state index contributed by atoms with van der Waals surface area (Å²) in [5.41, 5.74) is 0.346. The Morgan fingerprint density at radius 3 is 2.08 bits per heavy atom. The third kappa shape index (κ3) is 11.9. The minimum Gasteiger partial charge on any atom is -0.460 e. The summed E-state index contributed by atoms with van der Waals surface area (Å²) >= 11 is 0. The zero-order valence-corrected chi connectivity index (χ0v) is 15.2. The van der Waals surface area contributed by atoms with Crippen LogP contribution in [0.2, 0.25) is 0 Å². The predicted octanol–water partition coefficient (Wildman–Crippen LogP) is 3.29. The van der Waals surface area contributed by atoms with E-state index in [0.717, 1.165) is 44.9 Å². The van der Waals surface area contributed by atoms with E-state index in [-0.39, 0.29) is 19.3 Å². The molecule has 0 fully saturated rings. The highest BCUT2D eigenvalue weighted by atomic mass is 16.6. The fourth-order valence-electron chi connectivity index (χ4n) is 2.18. The van der Waals surface area contributed by atoms with Crippen molar-refractivity contribution in [3.05, 3.63) is 12.2 Å². The largest absolute Gasteiger partial charge is 0.460 e. The zero-order chi connectivity index (χ0) is 18.2. The van der Waals surface area contributed by atoms with Crippen molar-refractivity contribution in [3.63, 3.8) is 0 Å². The van der Waals surface area contributed by atoms with Gasteiger partial charge in [-0.05, 0) is 26.7 Å². The smallest absolute Gasteiger partial charge is 0.409 e. The summed E-state index contributed by atoms with van der Waals surface area (Å²) in [6.07, 6.45) is 6.92. The Balaban J connectivity index is 3.98. The van der Waals surface area contributed by atoms with Crippen LogP contribution in [0.1, 0.15) is 58.8 Å². The molecule has 0 heterocycles. The Morgan fingerprint density at radius 1 is 0.958 bits per heavy atom. The van der Waals surface area contributed by atoms with Gasteiger partial charge in [0.25, 0.3) is 0 Å². The van der Waals surface area contributed by atoms with Crippen LogP contribution in [-0.2, 0) is 14.3 Å².